The Bertz CT molecular complexity index is 170. The third-order valence-electron chi connectivity index (χ3n) is 1.15. The number of carbonyl (C=O) groups is 2. The predicted octanol–water partition coefficient (Wildman–Crippen LogP) is -0.396. The molecule has 2 atom stereocenters. The Kier molecular flexibility index (Phi) is 3.89. The highest BCUT2D eigenvalue weighted by Gasteiger charge is 2.15. The first-order valence-corrected chi connectivity index (χ1v) is 3.62. The fraction of sp³-hybridized carbons (Fsp3) is 0.667. The molecule has 0 aliphatic heterocycles. The molecule has 2 unspecified atom stereocenters. The fourth-order valence-corrected chi connectivity index (χ4v) is 0.462. The quantitative estimate of drug-likeness (QED) is 0.578. The summed E-state index contributed by atoms with van der Waals surface area (Å²) in [7, 11) is 0. The van der Waals surface area contributed by atoms with Crippen molar-refractivity contribution in [1.82, 2.24) is 5.32 Å². The van der Waals surface area contributed by atoms with E-state index in [1.54, 1.807) is 0 Å². The number of hydrogen-bond donors (Lipinski definition) is 2. The summed E-state index contributed by atoms with van der Waals surface area (Å²) < 4.78 is 0. The minimum atomic E-state index is -0.663. The molecular formula is C6H11ClN2O2. The molecule has 3 N–H and O–H groups in total. The van der Waals surface area contributed by atoms with E-state index in [1.807, 2.05) is 0 Å². The molecule has 0 rings (SSSR count). The predicted molar refractivity (Wildman–Crippen MR) is 42.1 cm³/mol. The number of primary amides is 1. The lowest BCUT2D eigenvalue weighted by Crippen LogP contribution is -2.44. The molecule has 0 aromatic carbocycles. The molecule has 0 bridgehead atoms. The van der Waals surface area contributed by atoms with E-state index in [0.717, 1.165) is 0 Å². The molecular weight excluding hydrogens is 168 g/mol. The van der Waals surface area contributed by atoms with Gasteiger partial charge in [0.25, 0.3) is 0 Å². The molecule has 2 amide bonds. The smallest absolute Gasteiger partial charge is 0.239 e. The summed E-state index contributed by atoms with van der Waals surface area (Å²) in [5.41, 5.74) is 4.89. The Morgan fingerprint density at radius 1 is 1.45 bits per heavy atom. The van der Waals surface area contributed by atoms with E-state index < -0.39 is 23.2 Å². The fourth-order valence-electron chi connectivity index (χ4n) is 0.399. The minimum absolute atomic E-state index is 0.391. The second-order valence-electron chi connectivity index (χ2n) is 2.25. The lowest BCUT2D eigenvalue weighted by molar-refractivity contribution is -0.126. The van der Waals surface area contributed by atoms with E-state index >= 15 is 0 Å². The zero-order chi connectivity index (χ0) is 9.02. The van der Waals surface area contributed by atoms with Gasteiger partial charge in [-0.25, -0.2) is 0 Å². The van der Waals surface area contributed by atoms with Crippen LogP contribution in [0.2, 0.25) is 0 Å². The van der Waals surface area contributed by atoms with Crippen LogP contribution in [0.15, 0.2) is 0 Å². The number of amides is 2. The highest BCUT2D eigenvalue weighted by atomic mass is 35.5. The zero-order valence-corrected chi connectivity index (χ0v) is 7.18. The molecule has 0 aliphatic carbocycles. The maximum absolute atomic E-state index is 10.8. The van der Waals surface area contributed by atoms with Crippen LogP contribution in [0, 0.1) is 0 Å². The molecule has 0 spiro atoms. The van der Waals surface area contributed by atoms with Gasteiger partial charge in [0.15, 0.2) is 0 Å². The highest BCUT2D eigenvalue weighted by molar-refractivity contribution is 6.30. The van der Waals surface area contributed by atoms with Gasteiger partial charge in [-0.3, -0.25) is 9.59 Å². The van der Waals surface area contributed by atoms with E-state index in [-0.39, 0.29) is 0 Å². The SMILES string of the molecule is CC(Cl)C(=O)NC(C)C(N)=O. The van der Waals surface area contributed by atoms with E-state index in [9.17, 15) is 9.59 Å². The summed E-state index contributed by atoms with van der Waals surface area (Å²) in [6.45, 7) is 3.02. The van der Waals surface area contributed by atoms with Gasteiger partial charge in [-0.15, -0.1) is 11.6 Å². The van der Waals surface area contributed by atoms with Crippen LogP contribution in [-0.2, 0) is 9.59 Å². The van der Waals surface area contributed by atoms with Crippen molar-refractivity contribution in [3.8, 4) is 0 Å². The Morgan fingerprint density at radius 3 is 2.18 bits per heavy atom. The molecule has 11 heavy (non-hydrogen) atoms. The third-order valence-corrected chi connectivity index (χ3v) is 1.35. The second kappa shape index (κ2) is 4.18. The number of rotatable bonds is 3. The van der Waals surface area contributed by atoms with Crippen molar-refractivity contribution in [2.45, 2.75) is 25.3 Å². The van der Waals surface area contributed by atoms with Gasteiger partial charge in [0, 0.05) is 0 Å². The summed E-state index contributed by atoms with van der Waals surface area (Å²) in [5, 5.41) is 1.69. The van der Waals surface area contributed by atoms with Crippen molar-refractivity contribution in [2.24, 2.45) is 5.73 Å². The van der Waals surface area contributed by atoms with Crippen LogP contribution in [0.3, 0.4) is 0 Å². The van der Waals surface area contributed by atoms with Crippen molar-refractivity contribution in [2.75, 3.05) is 0 Å². The van der Waals surface area contributed by atoms with Crippen LogP contribution >= 0.6 is 11.6 Å². The van der Waals surface area contributed by atoms with Crippen LogP contribution in [0.1, 0.15) is 13.8 Å². The summed E-state index contributed by atoms with van der Waals surface area (Å²) in [6, 6.07) is -0.663. The Hall–Kier alpha value is -0.770. The molecule has 0 aromatic rings. The average molecular weight is 179 g/mol. The Balaban J connectivity index is 3.85. The zero-order valence-electron chi connectivity index (χ0n) is 6.43. The van der Waals surface area contributed by atoms with E-state index in [1.165, 1.54) is 13.8 Å². The van der Waals surface area contributed by atoms with Crippen LogP contribution in [0.5, 0.6) is 0 Å². The van der Waals surface area contributed by atoms with E-state index in [2.05, 4.69) is 5.32 Å². The molecule has 0 aliphatic rings. The maximum Gasteiger partial charge on any atom is 0.239 e. The maximum atomic E-state index is 10.8. The van der Waals surface area contributed by atoms with Crippen LogP contribution < -0.4 is 11.1 Å². The van der Waals surface area contributed by atoms with Gasteiger partial charge >= 0.3 is 0 Å². The molecule has 4 nitrogen and oxygen atoms in total. The molecule has 0 fully saturated rings. The van der Waals surface area contributed by atoms with Gasteiger partial charge in [-0.1, -0.05) is 0 Å². The molecule has 0 aromatic heterocycles. The standard InChI is InChI=1S/C6H11ClN2O2/c1-3(7)6(11)9-4(2)5(8)10/h3-4H,1-2H3,(H2,8,10)(H,9,11). The van der Waals surface area contributed by atoms with Gasteiger partial charge in [0.2, 0.25) is 11.8 Å². The molecule has 5 heteroatoms. The van der Waals surface area contributed by atoms with Gasteiger partial charge in [0.05, 0.1) is 0 Å². The van der Waals surface area contributed by atoms with Crippen LogP contribution in [0.25, 0.3) is 0 Å². The molecule has 64 valence electrons. The molecule has 0 heterocycles. The van der Waals surface area contributed by atoms with Crippen LogP contribution in [-0.4, -0.2) is 23.2 Å². The van der Waals surface area contributed by atoms with Crippen molar-refractivity contribution < 1.29 is 9.59 Å². The molecule has 0 saturated heterocycles. The first-order chi connectivity index (χ1) is 4.95. The minimum Gasteiger partial charge on any atom is -0.368 e. The Morgan fingerprint density at radius 2 is 1.91 bits per heavy atom. The normalized spacial score (nSPS) is 15.2. The number of halogens is 1. The van der Waals surface area contributed by atoms with Crippen LogP contribution in [0.4, 0.5) is 0 Å². The lowest BCUT2D eigenvalue weighted by atomic mass is 10.3. The van der Waals surface area contributed by atoms with Gasteiger partial charge in [-0.2, -0.15) is 0 Å². The monoisotopic (exact) mass is 178 g/mol. The summed E-state index contributed by atoms with van der Waals surface area (Å²) >= 11 is 5.41. The highest BCUT2D eigenvalue weighted by Crippen LogP contribution is 1.93. The van der Waals surface area contributed by atoms with Gasteiger partial charge < -0.3 is 11.1 Å². The first-order valence-electron chi connectivity index (χ1n) is 3.19. The van der Waals surface area contributed by atoms with Crippen molar-refractivity contribution >= 4 is 23.4 Å². The lowest BCUT2D eigenvalue weighted by Gasteiger charge is -2.10. The topological polar surface area (TPSA) is 72.2 Å². The summed E-state index contributed by atoms with van der Waals surface area (Å²) in [5.74, 6) is -0.964. The molecule has 0 radical (unpaired) electrons. The van der Waals surface area contributed by atoms with Crippen molar-refractivity contribution in [3.05, 3.63) is 0 Å². The average Bonchev–Trinajstić information content (AvgIpc) is 1.87. The Labute approximate surface area is 70.1 Å². The number of alkyl halides is 1. The van der Waals surface area contributed by atoms with E-state index in [4.69, 9.17) is 17.3 Å². The second-order valence-corrected chi connectivity index (χ2v) is 2.90. The van der Waals surface area contributed by atoms with Crippen molar-refractivity contribution in [1.29, 1.82) is 0 Å². The third kappa shape index (κ3) is 3.83. The number of nitrogens with two attached hydrogens (primary N) is 1. The largest absolute Gasteiger partial charge is 0.368 e. The summed E-state index contributed by atoms with van der Waals surface area (Å²) in [6.07, 6.45) is 0. The molecule has 0 saturated carbocycles. The first kappa shape index (κ1) is 10.2. The van der Waals surface area contributed by atoms with Gasteiger partial charge in [-0.05, 0) is 13.8 Å². The van der Waals surface area contributed by atoms with Crippen molar-refractivity contribution in [3.63, 3.8) is 0 Å². The number of carbonyl (C=O) groups excluding carboxylic acids is 2. The summed E-state index contributed by atoms with van der Waals surface area (Å²) in [4.78, 5) is 21.2. The number of hydrogen-bond acceptors (Lipinski definition) is 2. The van der Waals surface area contributed by atoms with E-state index in [0.29, 0.717) is 0 Å². The van der Waals surface area contributed by atoms with Gasteiger partial charge in [0.1, 0.15) is 11.4 Å². The number of nitrogens with one attached hydrogen (secondary N) is 1.